The number of ketones is 1. The quantitative estimate of drug-likeness (QED) is 0.426. The van der Waals surface area contributed by atoms with Crippen LogP contribution < -0.4 is 15.5 Å². The lowest BCUT2D eigenvalue weighted by Crippen LogP contribution is -2.25. The van der Waals surface area contributed by atoms with Gasteiger partial charge >= 0.3 is 0 Å². The minimum atomic E-state index is -0.312. The zero-order valence-electron chi connectivity index (χ0n) is 17.4. The molecule has 0 aliphatic heterocycles. The predicted octanol–water partition coefficient (Wildman–Crippen LogP) is 3.85. The van der Waals surface area contributed by atoms with E-state index in [4.69, 9.17) is 21.1 Å². The average molecular weight is 421 g/mol. The van der Waals surface area contributed by atoms with Gasteiger partial charge in [0.05, 0.1) is 17.2 Å². The van der Waals surface area contributed by atoms with E-state index in [0.29, 0.717) is 35.7 Å². The Morgan fingerprint density at radius 3 is 2.62 bits per heavy atom. The molecule has 158 valence electrons. The highest BCUT2D eigenvalue weighted by Gasteiger charge is 2.14. The Morgan fingerprint density at radius 2 is 2.00 bits per heavy atom. The number of benzene rings is 1. The monoisotopic (exact) mass is 420 g/mol. The Kier molecular flexibility index (Phi) is 8.89. The number of aromatic nitrogens is 1. The topological polar surface area (TPSA) is 80.4 Å². The summed E-state index contributed by atoms with van der Waals surface area (Å²) in [6.07, 6.45) is 2.95. The maximum Gasteiger partial charge on any atom is 0.192 e. The zero-order valence-corrected chi connectivity index (χ0v) is 18.2. The van der Waals surface area contributed by atoms with E-state index in [1.54, 1.807) is 13.2 Å². The van der Waals surface area contributed by atoms with Crippen LogP contribution in [0.3, 0.4) is 0 Å². The minimum absolute atomic E-state index is 0.140. The maximum absolute atomic E-state index is 12.3. The number of rotatable bonds is 11. The number of ether oxygens (including phenoxy) is 2. The van der Waals surface area contributed by atoms with E-state index < -0.39 is 0 Å². The largest absolute Gasteiger partial charge is 0.492 e. The lowest BCUT2D eigenvalue weighted by Gasteiger charge is -2.16. The summed E-state index contributed by atoms with van der Waals surface area (Å²) in [4.78, 5) is 26.9. The summed E-state index contributed by atoms with van der Waals surface area (Å²) >= 11 is 6.45. The highest BCUT2D eigenvalue weighted by molar-refractivity contribution is 6.32. The van der Waals surface area contributed by atoms with Crippen LogP contribution in [0.25, 0.3) is 11.3 Å². The van der Waals surface area contributed by atoms with E-state index >= 15 is 0 Å². The second-order valence-corrected chi connectivity index (χ2v) is 7.58. The molecule has 0 spiro atoms. The molecule has 7 heteroatoms. The Morgan fingerprint density at radius 1 is 1.24 bits per heavy atom. The maximum atomic E-state index is 12.3. The fraction of sp³-hybridized carbons (Fsp3) is 0.455. The molecular formula is C22H29ClN2O4. The Bertz CT molecular complexity index is 893. The van der Waals surface area contributed by atoms with Gasteiger partial charge in [-0.3, -0.25) is 9.59 Å². The fourth-order valence-corrected chi connectivity index (χ4v) is 3.16. The van der Waals surface area contributed by atoms with E-state index in [1.165, 1.54) is 19.2 Å². The lowest BCUT2D eigenvalue weighted by molar-refractivity contribution is 0.101. The number of halogens is 1. The Labute approximate surface area is 176 Å². The Balaban J connectivity index is 2.38. The van der Waals surface area contributed by atoms with Gasteiger partial charge in [0.15, 0.2) is 11.2 Å². The normalized spacial score (nSPS) is 11.1. The fourth-order valence-electron chi connectivity index (χ4n) is 2.95. The van der Waals surface area contributed by atoms with E-state index in [2.05, 4.69) is 24.1 Å². The van der Waals surface area contributed by atoms with Crippen molar-refractivity contribution in [3.63, 3.8) is 0 Å². The van der Waals surface area contributed by atoms with Gasteiger partial charge in [-0.25, -0.2) is 0 Å². The predicted molar refractivity (Wildman–Crippen MR) is 116 cm³/mol. The van der Waals surface area contributed by atoms with Crippen molar-refractivity contribution in [1.29, 1.82) is 0 Å². The molecule has 0 aliphatic carbocycles. The molecule has 2 N–H and O–H groups in total. The van der Waals surface area contributed by atoms with Crippen LogP contribution in [0.4, 0.5) is 0 Å². The van der Waals surface area contributed by atoms with Crippen molar-refractivity contribution in [2.24, 2.45) is 0 Å². The Hall–Kier alpha value is -2.15. The first-order chi connectivity index (χ1) is 13.8. The van der Waals surface area contributed by atoms with Crippen LogP contribution in [-0.2, 0) is 11.2 Å². The third kappa shape index (κ3) is 6.70. The zero-order chi connectivity index (χ0) is 21.4. The molecule has 1 heterocycles. The summed E-state index contributed by atoms with van der Waals surface area (Å²) < 4.78 is 10.9. The molecule has 0 aliphatic rings. The average Bonchev–Trinajstić information content (AvgIpc) is 2.66. The second-order valence-electron chi connectivity index (χ2n) is 7.17. The molecule has 0 unspecified atom stereocenters. The van der Waals surface area contributed by atoms with E-state index in [0.717, 1.165) is 30.5 Å². The van der Waals surface area contributed by atoms with Crippen LogP contribution in [0.15, 0.2) is 29.2 Å². The minimum Gasteiger partial charge on any atom is -0.492 e. The van der Waals surface area contributed by atoms with Gasteiger partial charge in [0.1, 0.15) is 5.75 Å². The molecule has 0 fully saturated rings. The molecular weight excluding hydrogens is 392 g/mol. The highest BCUT2D eigenvalue weighted by atomic mass is 35.5. The standard InChI is InChI=1S/C22H29ClN2O4/c1-14(2)24-7-6-16-10-22(29-9-5-8-28-4)19(23)11-17(16)20-12-21(27)18(13-25-20)15(3)26/h10-14,24H,5-9H2,1-4H3,(H,25,27). The van der Waals surface area contributed by atoms with Gasteiger partial charge in [-0.15, -0.1) is 0 Å². The molecule has 0 amide bonds. The van der Waals surface area contributed by atoms with Gasteiger partial charge in [0, 0.05) is 49.7 Å². The first-order valence-electron chi connectivity index (χ1n) is 9.75. The van der Waals surface area contributed by atoms with Crippen molar-refractivity contribution < 1.29 is 14.3 Å². The van der Waals surface area contributed by atoms with E-state index in [1.807, 2.05) is 6.07 Å². The van der Waals surface area contributed by atoms with Gasteiger partial charge in [0.25, 0.3) is 0 Å². The number of methoxy groups -OCH3 is 1. The number of H-pyrrole nitrogens is 1. The summed E-state index contributed by atoms with van der Waals surface area (Å²) in [5.41, 5.74) is 2.26. The van der Waals surface area contributed by atoms with Gasteiger partial charge in [-0.1, -0.05) is 25.4 Å². The molecule has 6 nitrogen and oxygen atoms in total. The van der Waals surface area contributed by atoms with Crippen LogP contribution in [0.2, 0.25) is 5.02 Å². The van der Waals surface area contributed by atoms with Crippen LogP contribution in [0.5, 0.6) is 5.75 Å². The number of Topliss-reactive ketones (excluding diaryl/α,β-unsaturated/α-hetero) is 1. The number of hydrogen-bond donors (Lipinski definition) is 2. The lowest BCUT2D eigenvalue weighted by atomic mass is 9.99. The number of aromatic amines is 1. The molecule has 0 saturated carbocycles. The summed E-state index contributed by atoms with van der Waals surface area (Å²) in [5, 5.41) is 3.86. The second kappa shape index (κ2) is 11.1. The first kappa shape index (κ1) is 23.1. The molecule has 29 heavy (non-hydrogen) atoms. The molecule has 1 aromatic heterocycles. The van der Waals surface area contributed by atoms with Crippen molar-refractivity contribution in [3.8, 4) is 17.0 Å². The van der Waals surface area contributed by atoms with Crippen molar-refractivity contribution in [2.75, 3.05) is 26.9 Å². The third-order valence-electron chi connectivity index (χ3n) is 4.44. The van der Waals surface area contributed by atoms with Crippen molar-refractivity contribution in [2.45, 2.75) is 39.7 Å². The van der Waals surface area contributed by atoms with Gasteiger partial charge in [0.2, 0.25) is 0 Å². The number of carbonyl (C=O) groups is 1. The van der Waals surface area contributed by atoms with Gasteiger partial charge in [-0.05, 0) is 37.6 Å². The van der Waals surface area contributed by atoms with Crippen molar-refractivity contribution >= 4 is 17.4 Å². The molecule has 0 bridgehead atoms. The smallest absolute Gasteiger partial charge is 0.192 e. The third-order valence-corrected chi connectivity index (χ3v) is 4.73. The van der Waals surface area contributed by atoms with E-state index in [9.17, 15) is 9.59 Å². The number of carbonyl (C=O) groups excluding carboxylic acids is 1. The van der Waals surface area contributed by atoms with Crippen LogP contribution in [0.1, 0.15) is 43.1 Å². The van der Waals surface area contributed by atoms with Gasteiger partial charge in [-0.2, -0.15) is 0 Å². The van der Waals surface area contributed by atoms with Crippen LogP contribution >= 0.6 is 11.6 Å². The molecule has 2 rings (SSSR count). The molecule has 0 saturated heterocycles. The summed E-state index contributed by atoms with van der Waals surface area (Å²) in [5.74, 6) is 0.339. The highest BCUT2D eigenvalue weighted by Crippen LogP contribution is 2.33. The summed E-state index contributed by atoms with van der Waals surface area (Å²) in [6, 6.07) is 5.53. The number of nitrogens with one attached hydrogen (secondary N) is 2. The molecule has 0 atom stereocenters. The molecule has 2 aromatic rings. The van der Waals surface area contributed by atoms with Crippen molar-refractivity contribution in [1.82, 2.24) is 10.3 Å². The summed E-state index contributed by atoms with van der Waals surface area (Å²) in [6.45, 7) is 7.44. The first-order valence-corrected chi connectivity index (χ1v) is 10.1. The molecule has 1 aromatic carbocycles. The number of pyridine rings is 1. The van der Waals surface area contributed by atoms with Crippen LogP contribution in [0, 0.1) is 0 Å². The molecule has 0 radical (unpaired) electrons. The van der Waals surface area contributed by atoms with Crippen LogP contribution in [-0.4, -0.2) is 43.7 Å². The van der Waals surface area contributed by atoms with Gasteiger partial charge < -0.3 is 19.8 Å². The van der Waals surface area contributed by atoms with E-state index in [-0.39, 0.29) is 16.8 Å². The summed E-state index contributed by atoms with van der Waals surface area (Å²) in [7, 11) is 1.65. The number of hydrogen-bond acceptors (Lipinski definition) is 5. The van der Waals surface area contributed by atoms with Crippen molar-refractivity contribution in [3.05, 3.63) is 50.8 Å². The SMILES string of the molecule is COCCCOc1cc(CCNC(C)C)c(-c2cc(=O)c(C(C)=O)c[nH]2)cc1Cl.